The third-order valence-electron chi connectivity index (χ3n) is 14.9. The van der Waals surface area contributed by atoms with Gasteiger partial charge in [0, 0.05) is 18.6 Å². The summed E-state index contributed by atoms with van der Waals surface area (Å²) in [6.07, 6.45) is 77.9. The van der Waals surface area contributed by atoms with Crippen LogP contribution in [0, 0.1) is 5.41 Å². The number of nitrogens with zero attached hydrogens (tertiary/aromatic N) is 1. The SMILES string of the molecule is CCCCCCCCCCCCCCCCCCC(CCCCCCCCCCCCCCCC)(CCCCCCCCCCCCCCCCCC)CC[n+]1ccccc1. The van der Waals surface area contributed by atoms with Crippen LogP contribution in [-0.4, -0.2) is 0 Å². The smallest absolute Gasteiger partial charge is 0.168 e. The number of rotatable bonds is 52. The molecule has 1 heteroatoms. The fraction of sp³-hybridized carbons (Fsp3) is 0.917. The van der Waals surface area contributed by atoms with Gasteiger partial charge in [0.15, 0.2) is 12.4 Å². The van der Waals surface area contributed by atoms with Gasteiger partial charge in [-0.15, -0.1) is 0 Å². The van der Waals surface area contributed by atoms with Crippen molar-refractivity contribution < 1.29 is 4.57 Å². The largest absolute Gasteiger partial charge is 0.205 e. The predicted molar refractivity (Wildman–Crippen MR) is 277 cm³/mol. The zero-order chi connectivity index (χ0) is 43.7. The van der Waals surface area contributed by atoms with Crippen LogP contribution in [-0.2, 0) is 6.54 Å². The quantitative estimate of drug-likeness (QED) is 0.0454. The molecule has 1 nitrogen and oxygen atoms in total. The first-order chi connectivity index (χ1) is 30.3. The second-order valence-electron chi connectivity index (χ2n) is 20.8. The highest BCUT2D eigenvalue weighted by Crippen LogP contribution is 2.41. The van der Waals surface area contributed by atoms with Crippen molar-refractivity contribution in [3.05, 3.63) is 30.6 Å². The maximum atomic E-state index is 2.49. The zero-order valence-corrected chi connectivity index (χ0v) is 42.9. The molecule has 1 heterocycles. The molecule has 0 unspecified atom stereocenters. The normalized spacial score (nSPS) is 11.9. The minimum absolute atomic E-state index is 0.548. The molecule has 0 aromatic carbocycles. The van der Waals surface area contributed by atoms with Crippen molar-refractivity contribution in [2.75, 3.05) is 0 Å². The van der Waals surface area contributed by atoms with Crippen molar-refractivity contribution in [2.24, 2.45) is 5.41 Å². The Balaban J connectivity index is 2.48. The lowest BCUT2D eigenvalue weighted by Crippen LogP contribution is -2.36. The molecular weight excluding hydrogens is 735 g/mol. The summed E-state index contributed by atoms with van der Waals surface area (Å²) in [5.41, 5.74) is 0.548. The van der Waals surface area contributed by atoms with Gasteiger partial charge in [-0.25, -0.2) is 4.57 Å². The Labute approximate surface area is 387 Å². The maximum absolute atomic E-state index is 2.49. The fourth-order valence-corrected chi connectivity index (χ4v) is 10.5. The van der Waals surface area contributed by atoms with E-state index in [0.717, 1.165) is 0 Å². The number of aryl methyl sites for hydroxylation is 1. The summed E-state index contributed by atoms with van der Waals surface area (Å²) in [6.45, 7) is 8.18. The van der Waals surface area contributed by atoms with Crippen LogP contribution < -0.4 is 4.57 Å². The molecule has 0 N–H and O–H groups in total. The number of hydrogen-bond acceptors (Lipinski definition) is 0. The Hall–Kier alpha value is -0.850. The van der Waals surface area contributed by atoms with Gasteiger partial charge in [0.05, 0.1) is 0 Å². The minimum Gasteiger partial charge on any atom is -0.205 e. The van der Waals surface area contributed by atoms with E-state index in [-0.39, 0.29) is 0 Å². The first-order valence-electron chi connectivity index (χ1n) is 29.2. The number of hydrogen-bond donors (Lipinski definition) is 0. The van der Waals surface area contributed by atoms with Gasteiger partial charge in [-0.1, -0.05) is 322 Å². The van der Waals surface area contributed by atoms with E-state index in [2.05, 4.69) is 55.9 Å². The lowest BCUT2D eigenvalue weighted by Gasteiger charge is -2.34. The topological polar surface area (TPSA) is 3.88 Å². The standard InChI is InChI=1S/C60H116N/c1-4-7-10-13-16-19-22-25-28-30-33-36-39-42-45-49-54-60(56-59-61-57-51-47-52-58-61,53-48-44-41-38-35-32-27-24-21-18-15-12-9-6-3)55-50-46-43-40-37-34-31-29-26-23-20-17-14-11-8-5-2/h47,51-52,57-58H,4-46,48-50,53-56,59H2,1-3H3/q+1. The van der Waals surface area contributed by atoms with Crippen LogP contribution >= 0.6 is 0 Å². The Morgan fingerprint density at radius 2 is 0.426 bits per heavy atom. The summed E-state index contributed by atoms with van der Waals surface area (Å²) < 4.78 is 2.49. The van der Waals surface area contributed by atoms with E-state index < -0.39 is 0 Å². The van der Waals surface area contributed by atoms with Crippen LogP contribution in [0.15, 0.2) is 30.6 Å². The van der Waals surface area contributed by atoms with E-state index in [1.165, 1.54) is 328 Å². The van der Waals surface area contributed by atoms with Gasteiger partial charge < -0.3 is 0 Å². The van der Waals surface area contributed by atoms with Crippen molar-refractivity contribution >= 4 is 0 Å². The van der Waals surface area contributed by atoms with Crippen LogP contribution in [0.1, 0.15) is 342 Å². The van der Waals surface area contributed by atoms with Crippen LogP contribution in [0.5, 0.6) is 0 Å². The third-order valence-corrected chi connectivity index (χ3v) is 14.9. The molecule has 0 atom stereocenters. The van der Waals surface area contributed by atoms with Crippen molar-refractivity contribution in [2.45, 2.75) is 348 Å². The Morgan fingerprint density at radius 1 is 0.230 bits per heavy atom. The highest BCUT2D eigenvalue weighted by molar-refractivity contribution is 4.84. The molecule has 0 aliphatic carbocycles. The highest BCUT2D eigenvalue weighted by Gasteiger charge is 2.30. The summed E-state index contributed by atoms with van der Waals surface area (Å²) in [4.78, 5) is 0. The van der Waals surface area contributed by atoms with Gasteiger partial charge in [-0.3, -0.25) is 0 Å². The molecule has 0 aliphatic heterocycles. The highest BCUT2D eigenvalue weighted by atomic mass is 14.9. The fourth-order valence-electron chi connectivity index (χ4n) is 10.5. The van der Waals surface area contributed by atoms with E-state index in [4.69, 9.17) is 0 Å². The second kappa shape index (κ2) is 48.6. The van der Waals surface area contributed by atoms with Gasteiger partial charge in [0.1, 0.15) is 6.54 Å². The zero-order valence-electron chi connectivity index (χ0n) is 42.9. The van der Waals surface area contributed by atoms with Gasteiger partial charge >= 0.3 is 0 Å². The average Bonchev–Trinajstić information content (AvgIpc) is 3.28. The van der Waals surface area contributed by atoms with E-state index in [0.29, 0.717) is 5.41 Å². The van der Waals surface area contributed by atoms with E-state index >= 15 is 0 Å². The molecule has 1 aromatic rings. The van der Waals surface area contributed by atoms with Crippen molar-refractivity contribution in [3.8, 4) is 0 Å². The third kappa shape index (κ3) is 41.6. The Morgan fingerprint density at radius 3 is 0.639 bits per heavy atom. The lowest BCUT2D eigenvalue weighted by molar-refractivity contribution is -0.699. The van der Waals surface area contributed by atoms with Crippen molar-refractivity contribution in [3.63, 3.8) is 0 Å². The molecule has 61 heavy (non-hydrogen) atoms. The summed E-state index contributed by atoms with van der Waals surface area (Å²) in [6, 6.07) is 6.66. The second-order valence-corrected chi connectivity index (χ2v) is 20.8. The van der Waals surface area contributed by atoms with Crippen molar-refractivity contribution in [1.29, 1.82) is 0 Å². The summed E-state index contributed by atoms with van der Waals surface area (Å²) in [5.74, 6) is 0. The Kier molecular flexibility index (Phi) is 46.3. The molecular formula is C60H116N+. The van der Waals surface area contributed by atoms with Gasteiger partial charge in [-0.2, -0.15) is 0 Å². The number of unbranched alkanes of at least 4 members (excludes halogenated alkanes) is 43. The molecule has 0 spiro atoms. The molecule has 360 valence electrons. The maximum Gasteiger partial charge on any atom is 0.168 e. The van der Waals surface area contributed by atoms with Gasteiger partial charge in [0.25, 0.3) is 0 Å². The molecule has 0 aliphatic rings. The number of pyridine rings is 1. The van der Waals surface area contributed by atoms with Crippen molar-refractivity contribution in [1.82, 2.24) is 0 Å². The molecule has 0 radical (unpaired) electrons. The number of aromatic nitrogens is 1. The summed E-state index contributed by atoms with van der Waals surface area (Å²) >= 11 is 0. The lowest BCUT2D eigenvalue weighted by atomic mass is 9.71. The molecule has 0 saturated carbocycles. The monoisotopic (exact) mass is 851 g/mol. The molecule has 0 amide bonds. The Bertz CT molecular complexity index is 887. The molecule has 1 aromatic heterocycles. The van der Waals surface area contributed by atoms with Gasteiger partial charge in [-0.05, 0) is 24.7 Å². The average molecular weight is 852 g/mol. The first-order valence-corrected chi connectivity index (χ1v) is 29.2. The van der Waals surface area contributed by atoms with Crippen LogP contribution in [0.2, 0.25) is 0 Å². The summed E-state index contributed by atoms with van der Waals surface area (Å²) in [7, 11) is 0. The molecule has 0 saturated heterocycles. The summed E-state index contributed by atoms with van der Waals surface area (Å²) in [5, 5.41) is 0. The van der Waals surface area contributed by atoms with Crippen LogP contribution in [0.25, 0.3) is 0 Å². The molecule has 0 fully saturated rings. The van der Waals surface area contributed by atoms with Crippen LogP contribution in [0.3, 0.4) is 0 Å². The molecule has 0 bridgehead atoms. The van der Waals surface area contributed by atoms with E-state index in [9.17, 15) is 0 Å². The minimum atomic E-state index is 0.548. The molecule has 1 rings (SSSR count). The van der Waals surface area contributed by atoms with E-state index in [1.54, 1.807) is 0 Å². The predicted octanol–water partition coefficient (Wildman–Crippen LogP) is 21.5. The van der Waals surface area contributed by atoms with Crippen LogP contribution in [0.4, 0.5) is 0 Å². The van der Waals surface area contributed by atoms with Gasteiger partial charge in [0.2, 0.25) is 0 Å². The van der Waals surface area contributed by atoms with E-state index in [1.807, 2.05) is 0 Å². The first kappa shape index (κ1) is 58.2.